The first kappa shape index (κ1) is 13.2. The average Bonchev–Trinajstić information content (AvgIpc) is 2.43. The summed E-state index contributed by atoms with van der Waals surface area (Å²) in [4.78, 5) is 35.3. The van der Waals surface area contributed by atoms with Gasteiger partial charge in [-0.1, -0.05) is 13.8 Å². The number of rotatable bonds is 4. The molecule has 0 aromatic rings. The molecule has 1 unspecified atom stereocenters. The highest BCUT2D eigenvalue weighted by atomic mass is 32.2. The Kier molecular flexibility index (Phi) is 3.78. The van der Waals surface area contributed by atoms with Crippen LogP contribution < -0.4 is 0 Å². The van der Waals surface area contributed by atoms with E-state index in [4.69, 9.17) is 0 Å². The van der Waals surface area contributed by atoms with E-state index in [0.29, 0.717) is 5.75 Å². The molecule has 1 heterocycles. The number of ketones is 1. The van der Waals surface area contributed by atoms with Gasteiger partial charge in [0, 0.05) is 24.6 Å². The van der Waals surface area contributed by atoms with Crippen molar-refractivity contribution >= 4 is 29.4 Å². The Hall–Kier alpha value is -0.840. The van der Waals surface area contributed by atoms with Crippen molar-refractivity contribution in [3.8, 4) is 0 Å². The van der Waals surface area contributed by atoms with E-state index in [1.165, 1.54) is 23.7 Å². The Morgan fingerprint density at radius 2 is 2.06 bits per heavy atom. The normalized spacial score (nSPS) is 21.8. The Morgan fingerprint density at radius 1 is 1.50 bits per heavy atom. The van der Waals surface area contributed by atoms with E-state index >= 15 is 0 Å². The summed E-state index contributed by atoms with van der Waals surface area (Å²) in [6.07, 6.45) is 0.258. The van der Waals surface area contributed by atoms with Gasteiger partial charge in [0.1, 0.15) is 5.78 Å². The van der Waals surface area contributed by atoms with Crippen molar-refractivity contribution in [3.63, 3.8) is 0 Å². The molecule has 90 valence electrons. The summed E-state index contributed by atoms with van der Waals surface area (Å²) >= 11 is 1.40. The Bertz CT molecular complexity index is 338. The van der Waals surface area contributed by atoms with Crippen LogP contribution >= 0.6 is 11.8 Å². The number of thioether (sulfide) groups is 1. The van der Waals surface area contributed by atoms with Gasteiger partial charge in [0.05, 0.1) is 5.25 Å². The SMILES string of the molecule is CC(=O)C(C)(C)CSC1CC(=O)N(C)C1=O. The molecule has 0 aromatic heterocycles. The highest BCUT2D eigenvalue weighted by Gasteiger charge is 2.37. The molecule has 0 bridgehead atoms. The van der Waals surface area contributed by atoms with Crippen LogP contribution in [0.5, 0.6) is 0 Å². The lowest BCUT2D eigenvalue weighted by Gasteiger charge is -2.21. The fourth-order valence-electron chi connectivity index (χ4n) is 1.26. The van der Waals surface area contributed by atoms with Gasteiger partial charge >= 0.3 is 0 Å². The molecule has 1 aliphatic rings. The summed E-state index contributed by atoms with van der Waals surface area (Å²) in [6.45, 7) is 5.26. The Morgan fingerprint density at radius 3 is 2.44 bits per heavy atom. The van der Waals surface area contributed by atoms with E-state index in [1.807, 2.05) is 13.8 Å². The van der Waals surface area contributed by atoms with E-state index in [2.05, 4.69) is 0 Å². The molecule has 1 atom stereocenters. The van der Waals surface area contributed by atoms with Crippen LogP contribution in [-0.4, -0.2) is 40.5 Å². The van der Waals surface area contributed by atoms with E-state index in [1.54, 1.807) is 6.92 Å². The first-order chi connectivity index (χ1) is 7.25. The van der Waals surface area contributed by atoms with Crippen molar-refractivity contribution in [1.29, 1.82) is 0 Å². The van der Waals surface area contributed by atoms with E-state index in [9.17, 15) is 14.4 Å². The largest absolute Gasteiger partial charge is 0.299 e. The fraction of sp³-hybridized carbons (Fsp3) is 0.727. The summed E-state index contributed by atoms with van der Waals surface area (Å²) in [5.74, 6) is 0.391. The number of carbonyl (C=O) groups excluding carboxylic acids is 3. The Balaban J connectivity index is 2.55. The van der Waals surface area contributed by atoms with Crippen molar-refractivity contribution in [1.82, 2.24) is 4.90 Å². The van der Waals surface area contributed by atoms with Gasteiger partial charge in [0.15, 0.2) is 0 Å². The maximum absolute atomic E-state index is 11.6. The second-order valence-corrected chi connectivity index (χ2v) is 5.93. The molecule has 4 nitrogen and oxygen atoms in total. The zero-order valence-electron chi connectivity index (χ0n) is 10.1. The molecule has 0 spiro atoms. The standard InChI is InChI=1S/C11H17NO3S/c1-7(13)11(2,3)6-16-8-5-9(14)12(4)10(8)15/h8H,5-6H2,1-4H3. The zero-order chi connectivity index (χ0) is 12.5. The number of hydrogen-bond donors (Lipinski definition) is 0. The van der Waals surface area contributed by atoms with Crippen molar-refractivity contribution in [3.05, 3.63) is 0 Å². The molecule has 0 aromatic carbocycles. The molecule has 16 heavy (non-hydrogen) atoms. The molecular formula is C11H17NO3S. The number of amides is 2. The predicted molar refractivity (Wildman–Crippen MR) is 63.1 cm³/mol. The minimum Gasteiger partial charge on any atom is -0.299 e. The van der Waals surface area contributed by atoms with Crippen LogP contribution in [0.1, 0.15) is 27.2 Å². The molecule has 0 radical (unpaired) electrons. The summed E-state index contributed by atoms with van der Waals surface area (Å²) in [6, 6.07) is 0. The third-order valence-electron chi connectivity index (χ3n) is 2.94. The molecule has 1 aliphatic heterocycles. The van der Waals surface area contributed by atoms with Gasteiger partial charge in [-0.05, 0) is 6.92 Å². The first-order valence-electron chi connectivity index (χ1n) is 5.19. The highest BCUT2D eigenvalue weighted by Crippen LogP contribution is 2.30. The molecule has 0 saturated carbocycles. The predicted octanol–water partition coefficient (Wildman–Crippen LogP) is 1.09. The van der Waals surface area contributed by atoms with Gasteiger partial charge in [0.2, 0.25) is 11.8 Å². The number of likely N-dealkylation sites (tertiary alicyclic amines) is 1. The maximum Gasteiger partial charge on any atom is 0.242 e. The van der Waals surface area contributed by atoms with Crippen LogP contribution in [-0.2, 0) is 14.4 Å². The van der Waals surface area contributed by atoms with Crippen LogP contribution in [0.2, 0.25) is 0 Å². The lowest BCUT2D eigenvalue weighted by Crippen LogP contribution is -2.29. The minimum atomic E-state index is -0.435. The summed E-state index contributed by atoms with van der Waals surface area (Å²) in [5, 5.41) is -0.309. The smallest absolute Gasteiger partial charge is 0.242 e. The number of Topliss-reactive ketones (excluding diaryl/α,β-unsaturated/α-hetero) is 1. The molecule has 0 N–H and O–H groups in total. The van der Waals surface area contributed by atoms with E-state index in [-0.39, 0.29) is 29.3 Å². The minimum absolute atomic E-state index is 0.102. The lowest BCUT2D eigenvalue weighted by atomic mass is 9.92. The van der Waals surface area contributed by atoms with Crippen molar-refractivity contribution in [2.75, 3.05) is 12.8 Å². The van der Waals surface area contributed by atoms with E-state index < -0.39 is 5.41 Å². The van der Waals surface area contributed by atoms with Gasteiger partial charge in [-0.15, -0.1) is 11.8 Å². The van der Waals surface area contributed by atoms with Crippen molar-refractivity contribution in [2.45, 2.75) is 32.4 Å². The fourth-order valence-corrected chi connectivity index (χ4v) is 2.64. The third-order valence-corrected chi connectivity index (χ3v) is 4.60. The molecule has 2 amide bonds. The van der Waals surface area contributed by atoms with Crippen LogP contribution in [0.4, 0.5) is 0 Å². The first-order valence-corrected chi connectivity index (χ1v) is 6.23. The van der Waals surface area contributed by atoms with Gasteiger partial charge in [-0.3, -0.25) is 19.3 Å². The zero-order valence-corrected chi connectivity index (χ0v) is 10.9. The van der Waals surface area contributed by atoms with Crippen LogP contribution in [0.15, 0.2) is 0 Å². The van der Waals surface area contributed by atoms with Crippen LogP contribution in [0, 0.1) is 5.41 Å². The molecule has 1 rings (SSSR count). The van der Waals surface area contributed by atoms with Gasteiger partial charge in [-0.25, -0.2) is 0 Å². The number of nitrogens with zero attached hydrogens (tertiary/aromatic N) is 1. The average molecular weight is 243 g/mol. The Labute approximate surface area is 99.8 Å². The van der Waals surface area contributed by atoms with Crippen molar-refractivity contribution in [2.24, 2.45) is 5.41 Å². The second-order valence-electron chi connectivity index (χ2n) is 4.73. The topological polar surface area (TPSA) is 54.5 Å². The van der Waals surface area contributed by atoms with E-state index in [0.717, 1.165) is 0 Å². The number of hydrogen-bond acceptors (Lipinski definition) is 4. The molecule has 0 aliphatic carbocycles. The molecular weight excluding hydrogens is 226 g/mol. The molecule has 1 saturated heterocycles. The maximum atomic E-state index is 11.6. The monoisotopic (exact) mass is 243 g/mol. The van der Waals surface area contributed by atoms with Crippen LogP contribution in [0.3, 0.4) is 0 Å². The third kappa shape index (κ3) is 2.64. The summed E-state index contributed by atoms with van der Waals surface area (Å²) < 4.78 is 0. The molecule has 5 heteroatoms. The quantitative estimate of drug-likeness (QED) is 0.694. The lowest BCUT2D eigenvalue weighted by molar-refractivity contribution is -0.136. The van der Waals surface area contributed by atoms with Crippen molar-refractivity contribution < 1.29 is 14.4 Å². The van der Waals surface area contributed by atoms with Gasteiger partial charge in [0.25, 0.3) is 0 Å². The second kappa shape index (κ2) is 4.57. The molecule has 1 fully saturated rings. The number of carbonyl (C=O) groups is 3. The number of imide groups is 1. The summed E-state index contributed by atoms with van der Waals surface area (Å²) in [7, 11) is 1.50. The highest BCUT2D eigenvalue weighted by molar-refractivity contribution is 8.00. The van der Waals surface area contributed by atoms with Gasteiger partial charge < -0.3 is 0 Å². The van der Waals surface area contributed by atoms with Gasteiger partial charge in [-0.2, -0.15) is 0 Å². The summed E-state index contributed by atoms with van der Waals surface area (Å²) in [5.41, 5.74) is -0.435. The van der Waals surface area contributed by atoms with Crippen LogP contribution in [0.25, 0.3) is 0 Å².